The van der Waals surface area contributed by atoms with Crippen LogP contribution in [0.25, 0.3) is 0 Å². The monoisotopic (exact) mass is 290 g/mol. The Hall–Kier alpha value is -1.56. The molecule has 3 rings (SSSR count). The smallest absolute Gasteiger partial charge is 0.223 e. The maximum Gasteiger partial charge on any atom is 0.223 e. The van der Waals surface area contributed by atoms with Crippen molar-refractivity contribution in [2.75, 3.05) is 55.7 Å². The van der Waals surface area contributed by atoms with Gasteiger partial charge in [0.15, 0.2) is 0 Å². The highest BCUT2D eigenvalue weighted by Gasteiger charge is 2.23. The first-order valence-electron chi connectivity index (χ1n) is 8.04. The van der Waals surface area contributed by atoms with Crippen molar-refractivity contribution in [3.8, 4) is 0 Å². The number of nitrogen functional groups attached to an aromatic ring is 1. The van der Waals surface area contributed by atoms with E-state index in [9.17, 15) is 0 Å². The second-order valence-electron chi connectivity index (χ2n) is 6.16. The number of piperidine rings is 1. The van der Waals surface area contributed by atoms with E-state index in [1.54, 1.807) is 0 Å². The van der Waals surface area contributed by atoms with E-state index in [4.69, 9.17) is 5.73 Å². The molecule has 21 heavy (non-hydrogen) atoms. The molecule has 2 fully saturated rings. The highest BCUT2D eigenvalue weighted by Crippen LogP contribution is 2.25. The first-order valence-corrected chi connectivity index (χ1v) is 8.04. The molecule has 0 spiro atoms. The van der Waals surface area contributed by atoms with Crippen molar-refractivity contribution >= 4 is 17.6 Å². The summed E-state index contributed by atoms with van der Waals surface area (Å²) >= 11 is 0. The summed E-state index contributed by atoms with van der Waals surface area (Å²) in [5.74, 6) is 2.92. The summed E-state index contributed by atoms with van der Waals surface area (Å²) in [6, 6.07) is 1.98. The summed E-state index contributed by atoms with van der Waals surface area (Å²) in [6.07, 6.45) is 5.25. The molecule has 6 nitrogen and oxygen atoms in total. The van der Waals surface area contributed by atoms with Crippen LogP contribution in [-0.2, 0) is 0 Å². The molecule has 0 amide bonds. The molecule has 2 aliphatic heterocycles. The van der Waals surface area contributed by atoms with Gasteiger partial charge in [-0.3, -0.25) is 0 Å². The standard InChI is InChI=1S/C15H26N6/c1-17-13-10-14(19-15(16)18-13)21-8-4-12(5-9-21)11-20-6-2-3-7-20/h10,12H,2-9,11H2,1H3,(H3,16,17,18,19). The van der Waals surface area contributed by atoms with Gasteiger partial charge in [-0.25, -0.2) is 0 Å². The first kappa shape index (κ1) is 14.4. The Bertz CT molecular complexity index is 463. The largest absolute Gasteiger partial charge is 0.373 e. The van der Waals surface area contributed by atoms with Crippen LogP contribution in [0.3, 0.4) is 0 Å². The average molecular weight is 290 g/mol. The Morgan fingerprint density at radius 1 is 1.19 bits per heavy atom. The molecule has 0 unspecified atom stereocenters. The van der Waals surface area contributed by atoms with Gasteiger partial charge in [-0.05, 0) is 44.7 Å². The zero-order valence-electron chi connectivity index (χ0n) is 12.9. The molecule has 6 heteroatoms. The number of nitrogens with zero attached hydrogens (tertiary/aromatic N) is 4. The van der Waals surface area contributed by atoms with Gasteiger partial charge in [-0.2, -0.15) is 9.97 Å². The Kier molecular flexibility index (Phi) is 4.43. The summed E-state index contributed by atoms with van der Waals surface area (Å²) in [4.78, 5) is 13.5. The molecular formula is C15H26N6. The molecule has 0 aromatic carbocycles. The van der Waals surface area contributed by atoms with Gasteiger partial charge in [-0.1, -0.05) is 0 Å². The fourth-order valence-electron chi connectivity index (χ4n) is 3.42. The normalized spacial score (nSPS) is 20.9. The Balaban J connectivity index is 1.56. The number of rotatable bonds is 4. The molecular weight excluding hydrogens is 264 g/mol. The highest BCUT2D eigenvalue weighted by atomic mass is 15.2. The second-order valence-corrected chi connectivity index (χ2v) is 6.16. The van der Waals surface area contributed by atoms with Crippen molar-refractivity contribution in [2.45, 2.75) is 25.7 Å². The number of nitrogens with two attached hydrogens (primary N) is 1. The lowest BCUT2D eigenvalue weighted by molar-refractivity contribution is 0.249. The van der Waals surface area contributed by atoms with Crippen LogP contribution < -0.4 is 16.0 Å². The van der Waals surface area contributed by atoms with E-state index in [-0.39, 0.29) is 0 Å². The summed E-state index contributed by atoms with van der Waals surface area (Å²) in [5, 5.41) is 3.04. The molecule has 2 aliphatic rings. The summed E-state index contributed by atoms with van der Waals surface area (Å²) < 4.78 is 0. The number of anilines is 3. The minimum atomic E-state index is 0.344. The average Bonchev–Trinajstić information content (AvgIpc) is 3.00. The minimum Gasteiger partial charge on any atom is -0.373 e. The van der Waals surface area contributed by atoms with Crippen molar-refractivity contribution in [3.63, 3.8) is 0 Å². The number of nitrogens with one attached hydrogen (secondary N) is 1. The van der Waals surface area contributed by atoms with Crippen molar-refractivity contribution in [2.24, 2.45) is 5.92 Å². The van der Waals surface area contributed by atoms with Gasteiger partial charge in [0.2, 0.25) is 5.95 Å². The van der Waals surface area contributed by atoms with Crippen LogP contribution in [0.2, 0.25) is 0 Å². The molecule has 0 aliphatic carbocycles. The van der Waals surface area contributed by atoms with Gasteiger partial charge in [0.25, 0.3) is 0 Å². The van der Waals surface area contributed by atoms with Gasteiger partial charge in [0.1, 0.15) is 11.6 Å². The third-order valence-corrected chi connectivity index (χ3v) is 4.64. The van der Waals surface area contributed by atoms with E-state index in [0.717, 1.165) is 30.6 Å². The van der Waals surface area contributed by atoms with Gasteiger partial charge >= 0.3 is 0 Å². The van der Waals surface area contributed by atoms with E-state index in [2.05, 4.69) is 25.1 Å². The van der Waals surface area contributed by atoms with Crippen LogP contribution in [0.1, 0.15) is 25.7 Å². The van der Waals surface area contributed by atoms with Gasteiger partial charge in [0, 0.05) is 32.7 Å². The van der Waals surface area contributed by atoms with Crippen molar-refractivity contribution < 1.29 is 0 Å². The molecule has 1 aromatic rings. The third kappa shape index (κ3) is 3.56. The minimum absolute atomic E-state index is 0.344. The quantitative estimate of drug-likeness (QED) is 0.874. The number of aromatic nitrogens is 2. The van der Waals surface area contributed by atoms with Crippen LogP contribution in [0, 0.1) is 5.92 Å². The van der Waals surface area contributed by atoms with E-state index >= 15 is 0 Å². The van der Waals surface area contributed by atoms with E-state index in [0.29, 0.717) is 5.95 Å². The maximum atomic E-state index is 5.78. The molecule has 2 saturated heterocycles. The third-order valence-electron chi connectivity index (χ3n) is 4.64. The van der Waals surface area contributed by atoms with E-state index < -0.39 is 0 Å². The van der Waals surface area contributed by atoms with E-state index in [1.807, 2.05) is 13.1 Å². The molecule has 1 aromatic heterocycles. The number of hydrogen-bond donors (Lipinski definition) is 2. The Morgan fingerprint density at radius 3 is 2.57 bits per heavy atom. The van der Waals surface area contributed by atoms with Crippen LogP contribution in [-0.4, -0.2) is 54.6 Å². The fourth-order valence-corrected chi connectivity index (χ4v) is 3.42. The molecule has 0 bridgehead atoms. The van der Waals surface area contributed by atoms with Gasteiger partial charge in [-0.15, -0.1) is 0 Å². The summed E-state index contributed by atoms with van der Waals surface area (Å²) in [6.45, 7) is 6.01. The highest BCUT2D eigenvalue weighted by molar-refractivity contribution is 5.52. The zero-order valence-corrected chi connectivity index (χ0v) is 12.9. The van der Waals surface area contributed by atoms with E-state index in [1.165, 1.54) is 45.3 Å². The summed E-state index contributed by atoms with van der Waals surface area (Å²) in [7, 11) is 1.85. The molecule has 0 saturated carbocycles. The van der Waals surface area contributed by atoms with Crippen molar-refractivity contribution in [3.05, 3.63) is 6.07 Å². The topological polar surface area (TPSA) is 70.3 Å². The molecule has 3 heterocycles. The van der Waals surface area contributed by atoms with Gasteiger partial charge < -0.3 is 20.9 Å². The predicted molar refractivity (Wildman–Crippen MR) is 86.6 cm³/mol. The zero-order chi connectivity index (χ0) is 14.7. The van der Waals surface area contributed by atoms with Crippen LogP contribution in [0.4, 0.5) is 17.6 Å². The Labute approximate surface area is 126 Å². The molecule has 0 radical (unpaired) electrons. The summed E-state index contributed by atoms with van der Waals surface area (Å²) in [5.41, 5.74) is 5.78. The van der Waals surface area contributed by atoms with Crippen molar-refractivity contribution in [1.29, 1.82) is 0 Å². The molecule has 0 atom stereocenters. The predicted octanol–water partition coefficient (Wildman–Crippen LogP) is 1.41. The SMILES string of the molecule is CNc1cc(N2CCC(CN3CCCC3)CC2)nc(N)n1. The second kappa shape index (κ2) is 6.47. The Morgan fingerprint density at radius 2 is 1.90 bits per heavy atom. The van der Waals surface area contributed by atoms with Crippen LogP contribution in [0.15, 0.2) is 6.07 Å². The lowest BCUT2D eigenvalue weighted by atomic mass is 9.96. The lowest BCUT2D eigenvalue weighted by Gasteiger charge is -2.34. The fraction of sp³-hybridized carbons (Fsp3) is 0.733. The van der Waals surface area contributed by atoms with Gasteiger partial charge in [0.05, 0.1) is 0 Å². The van der Waals surface area contributed by atoms with Crippen LogP contribution >= 0.6 is 0 Å². The number of hydrogen-bond acceptors (Lipinski definition) is 6. The maximum absolute atomic E-state index is 5.78. The molecule has 116 valence electrons. The first-order chi connectivity index (χ1) is 10.2. The number of likely N-dealkylation sites (tertiary alicyclic amines) is 1. The van der Waals surface area contributed by atoms with Crippen molar-refractivity contribution in [1.82, 2.24) is 14.9 Å². The lowest BCUT2D eigenvalue weighted by Crippen LogP contribution is -2.38. The molecule has 3 N–H and O–H groups in total. The van der Waals surface area contributed by atoms with Crippen LogP contribution in [0.5, 0.6) is 0 Å².